The molecule has 3 aromatic heterocycles. The Morgan fingerprint density at radius 2 is 1.44 bits per heavy atom. The molecule has 6 aromatic carbocycles. The summed E-state index contributed by atoms with van der Waals surface area (Å²) in [4.78, 5) is 8.92. The van der Waals surface area contributed by atoms with Gasteiger partial charge in [0.2, 0.25) is 0 Å². The molecule has 0 saturated heterocycles. The van der Waals surface area contributed by atoms with Crippen LogP contribution < -0.4 is 0 Å². The summed E-state index contributed by atoms with van der Waals surface area (Å²) in [6.07, 6.45) is -0.0732. The fourth-order valence-corrected chi connectivity index (χ4v) is 6.85. The van der Waals surface area contributed by atoms with Gasteiger partial charge in [-0.25, -0.2) is 0 Å². The van der Waals surface area contributed by atoms with Crippen molar-refractivity contribution in [1.82, 2.24) is 9.97 Å². The summed E-state index contributed by atoms with van der Waals surface area (Å²) >= 11 is 0. The molecule has 0 atom stereocenters. The topological polar surface area (TPSA) is 38.9 Å². The van der Waals surface area contributed by atoms with E-state index in [1.54, 1.807) is 45.2 Å². The molecule has 0 spiro atoms. The van der Waals surface area contributed by atoms with E-state index in [9.17, 15) is 0 Å². The minimum Gasteiger partial charge on any atom is -0.500 e. The third kappa shape index (κ3) is 8.79. The van der Waals surface area contributed by atoms with E-state index in [0.29, 0.717) is 28.1 Å². The van der Waals surface area contributed by atoms with E-state index in [4.69, 9.17) is 20.9 Å². The van der Waals surface area contributed by atoms with Crippen LogP contribution in [0.15, 0.2) is 144 Å². The molecule has 57 heavy (non-hydrogen) atoms. The van der Waals surface area contributed by atoms with Crippen molar-refractivity contribution >= 4 is 43.5 Å². The van der Waals surface area contributed by atoms with Crippen LogP contribution >= 0.6 is 0 Å². The van der Waals surface area contributed by atoms with E-state index in [-0.39, 0.29) is 36.8 Å². The van der Waals surface area contributed by atoms with Crippen LogP contribution in [0, 0.1) is 29.8 Å². The summed E-state index contributed by atoms with van der Waals surface area (Å²) < 4.78 is 105. The fourth-order valence-electron chi connectivity index (χ4n) is 6.85. The second kappa shape index (κ2) is 16.2. The normalized spacial score (nSPS) is 15.5. The van der Waals surface area contributed by atoms with Gasteiger partial charge < -0.3 is 14.4 Å². The molecular formula is C53H48IrN2O-2. The molecule has 0 bridgehead atoms. The molecule has 0 fully saturated rings. The van der Waals surface area contributed by atoms with E-state index in [1.165, 1.54) is 23.7 Å². The van der Waals surface area contributed by atoms with E-state index in [2.05, 4.69) is 70.6 Å². The Morgan fingerprint density at radius 1 is 0.702 bits per heavy atom. The van der Waals surface area contributed by atoms with Crippen LogP contribution in [0.25, 0.3) is 77.1 Å². The van der Waals surface area contributed by atoms with Gasteiger partial charge in [0.1, 0.15) is 5.58 Å². The zero-order valence-corrected chi connectivity index (χ0v) is 34.9. The van der Waals surface area contributed by atoms with Crippen LogP contribution in [0.5, 0.6) is 0 Å². The van der Waals surface area contributed by atoms with Crippen LogP contribution in [0.4, 0.5) is 0 Å². The summed E-state index contributed by atoms with van der Waals surface area (Å²) in [5.74, 6) is 0. The Morgan fingerprint density at radius 3 is 2.19 bits per heavy atom. The maximum Gasteiger partial charge on any atom is 0.129 e. The minimum atomic E-state index is -2.62. The van der Waals surface area contributed by atoms with E-state index in [0.717, 1.165) is 43.7 Å². The van der Waals surface area contributed by atoms with Gasteiger partial charge in [-0.05, 0) is 68.3 Å². The molecule has 0 aliphatic heterocycles. The van der Waals surface area contributed by atoms with E-state index >= 15 is 0 Å². The quantitative estimate of drug-likeness (QED) is 0.127. The maximum atomic E-state index is 8.70. The number of fused-ring (bicyclic) bond motifs is 7. The molecule has 0 unspecified atom stereocenters. The van der Waals surface area contributed by atoms with Crippen molar-refractivity contribution in [1.29, 1.82) is 0 Å². The number of aryl methyl sites for hydroxylation is 1. The largest absolute Gasteiger partial charge is 0.500 e. The van der Waals surface area contributed by atoms with Gasteiger partial charge >= 0.3 is 0 Å². The summed E-state index contributed by atoms with van der Waals surface area (Å²) in [5.41, 5.74) is 3.01. The number of benzene rings is 6. The number of rotatable bonds is 5. The van der Waals surface area contributed by atoms with Crippen molar-refractivity contribution in [3.63, 3.8) is 0 Å². The molecule has 3 nitrogen and oxygen atoms in total. The van der Waals surface area contributed by atoms with Gasteiger partial charge in [0.05, 0.1) is 12.4 Å². The van der Waals surface area contributed by atoms with Gasteiger partial charge in [0, 0.05) is 52.9 Å². The monoisotopic (exact) mass is 933 g/mol. The van der Waals surface area contributed by atoms with Crippen molar-refractivity contribution < 1.29 is 41.0 Å². The summed E-state index contributed by atoms with van der Waals surface area (Å²) in [7, 11) is 0. The minimum absolute atomic E-state index is 0. The van der Waals surface area contributed by atoms with Gasteiger partial charge in [-0.1, -0.05) is 167 Å². The number of hydrogen-bond donors (Lipinski definition) is 0. The van der Waals surface area contributed by atoms with Crippen molar-refractivity contribution in [3.8, 4) is 33.6 Å². The molecular weight excluding hydrogens is 873 g/mol. The molecule has 4 heteroatoms. The first kappa shape index (κ1) is 27.3. The standard InChI is InChI=1S/C30H24NO.C23H24N.Ir/c1-30(2,3)18-19-15-16-31-26(17-19)25-10-6-9-23-24-14-13-21-12-11-20-7-4-5-8-22(20)27(21)29(24)32-28(23)25;1-17-10-12-20(14-21(17)19-8-6-5-7-9-19)22-13-11-18(16-24-22)15-23(2,3)4;/h4-9,11-17H,18H2,1-3H3;5-11,13-14,16H,15H2,1-4H3;/q2*-1;/i18D2;1D3,5D,6D,7D,8D,9D,15D2;. The fraction of sp³-hybridized carbons (Fsp3) is 0.208. The van der Waals surface area contributed by atoms with Crippen LogP contribution in [-0.2, 0) is 32.9 Å². The Hall–Kier alpha value is -5.41. The van der Waals surface area contributed by atoms with Crippen LogP contribution in [-0.4, -0.2) is 9.97 Å². The Bertz CT molecular complexity index is 3400. The second-order valence-corrected chi connectivity index (χ2v) is 15.8. The molecule has 0 saturated carbocycles. The molecule has 0 aliphatic rings. The third-order valence-corrected chi connectivity index (χ3v) is 9.12. The molecule has 0 N–H and O–H groups in total. The molecule has 3 heterocycles. The van der Waals surface area contributed by atoms with Crippen molar-refractivity contribution in [3.05, 3.63) is 168 Å². The number of pyridine rings is 2. The number of hydrogen-bond acceptors (Lipinski definition) is 3. The molecule has 9 aromatic rings. The Labute approximate surface area is 367 Å². The second-order valence-electron chi connectivity index (χ2n) is 15.8. The average Bonchev–Trinajstić information content (AvgIpc) is 3.68. The van der Waals surface area contributed by atoms with Crippen molar-refractivity contribution in [2.24, 2.45) is 10.8 Å². The van der Waals surface area contributed by atoms with Crippen molar-refractivity contribution in [2.75, 3.05) is 0 Å². The zero-order valence-electron chi connectivity index (χ0n) is 44.5. The smallest absolute Gasteiger partial charge is 0.129 e. The molecule has 9 rings (SSSR count). The van der Waals surface area contributed by atoms with Gasteiger partial charge in [-0.15, -0.1) is 47.5 Å². The maximum absolute atomic E-state index is 8.70. The Balaban J connectivity index is 0.000000201. The van der Waals surface area contributed by atoms with E-state index < -0.39 is 60.6 Å². The average molecular weight is 933 g/mol. The number of nitrogens with zero attached hydrogens (tertiary/aromatic N) is 2. The van der Waals surface area contributed by atoms with Gasteiger partial charge in [-0.2, -0.15) is 0 Å². The Kier molecular flexibility index (Phi) is 7.76. The molecule has 0 amide bonds. The van der Waals surface area contributed by atoms with Gasteiger partial charge in [0.15, 0.2) is 0 Å². The van der Waals surface area contributed by atoms with E-state index in [1.807, 2.05) is 39.0 Å². The first-order valence-corrected chi connectivity index (χ1v) is 18.5. The van der Waals surface area contributed by atoms with Crippen LogP contribution in [0.3, 0.4) is 0 Å². The van der Waals surface area contributed by atoms with Crippen LogP contribution in [0.1, 0.15) is 74.7 Å². The third-order valence-electron chi connectivity index (χ3n) is 9.12. The predicted octanol–water partition coefficient (Wildman–Crippen LogP) is 14.5. The summed E-state index contributed by atoms with van der Waals surface area (Å²) in [6, 6.07) is 33.7. The zero-order chi connectivity index (χ0) is 49.5. The predicted molar refractivity (Wildman–Crippen MR) is 236 cm³/mol. The first-order valence-electron chi connectivity index (χ1n) is 24.5. The molecule has 0 aliphatic carbocycles. The van der Waals surface area contributed by atoms with Gasteiger partial charge in [-0.3, -0.25) is 0 Å². The number of aromatic nitrogens is 2. The SMILES string of the molecule is [2H]C([2H])(c1ccnc(-c2[c-]ccc3c2oc2c3ccc3ccc4ccccc4c32)c1)C(C)(C)C.[2H]c1c([2H])c([2H])c(-c2cc(-c3ccc(C([2H])([2H])C(C)(C)C)cn3)[c-]cc2C([2H])([2H])[2H])c([2H])c1[2H].[Ir]. The summed E-state index contributed by atoms with van der Waals surface area (Å²) in [6.45, 7) is 8.48. The molecule has 287 valence electrons. The van der Waals surface area contributed by atoms with Crippen LogP contribution in [0.2, 0.25) is 0 Å². The number of furan rings is 1. The first-order chi connectivity index (χ1) is 31.7. The van der Waals surface area contributed by atoms with Crippen molar-refractivity contribution in [2.45, 2.75) is 61.1 Å². The molecule has 1 radical (unpaired) electrons. The van der Waals surface area contributed by atoms with Gasteiger partial charge in [0.25, 0.3) is 0 Å². The summed E-state index contributed by atoms with van der Waals surface area (Å²) in [5, 5.41) is 6.62.